The highest BCUT2D eigenvalue weighted by Crippen LogP contribution is 1.98. The molecule has 2 rings (SSSR count). The van der Waals surface area contributed by atoms with Crippen LogP contribution in [0.4, 0.5) is 0 Å². The first-order valence-electron chi connectivity index (χ1n) is 4.92. The molecule has 0 aliphatic rings. The molecule has 0 N–H and O–H groups in total. The maximum absolute atomic E-state index is 11.7. The minimum absolute atomic E-state index is 0.232. The molecule has 0 aliphatic carbocycles. The van der Waals surface area contributed by atoms with Crippen molar-refractivity contribution in [2.75, 3.05) is 5.88 Å². The summed E-state index contributed by atoms with van der Waals surface area (Å²) in [4.78, 5) is 11.7. The zero-order chi connectivity index (χ0) is 11.4. The molecule has 0 bridgehead atoms. The van der Waals surface area contributed by atoms with E-state index < -0.39 is 0 Å². The van der Waals surface area contributed by atoms with Crippen molar-refractivity contribution in [1.82, 2.24) is 19.8 Å². The summed E-state index contributed by atoms with van der Waals surface area (Å²) in [5, 5.41) is 7.52. The molecule has 0 atom stereocenters. The van der Waals surface area contributed by atoms with E-state index in [1.165, 1.54) is 9.36 Å². The summed E-state index contributed by atoms with van der Waals surface area (Å²) in [5.74, 6) is 0.351. The molecule has 0 amide bonds. The Morgan fingerprint density at radius 3 is 2.50 bits per heavy atom. The Labute approximate surface area is 97.2 Å². The highest BCUT2D eigenvalue weighted by molar-refractivity contribution is 6.17. The van der Waals surface area contributed by atoms with Gasteiger partial charge in [-0.15, -0.1) is 11.6 Å². The third-order valence-electron chi connectivity index (χ3n) is 2.17. The van der Waals surface area contributed by atoms with E-state index in [2.05, 4.69) is 10.4 Å². The molecule has 16 heavy (non-hydrogen) atoms. The Morgan fingerprint density at radius 1 is 1.12 bits per heavy atom. The number of hydrogen-bond acceptors (Lipinski definition) is 3. The SMILES string of the molecule is O=c1n(CCCl)nnn1Cc1ccccc1. The van der Waals surface area contributed by atoms with Crippen LogP contribution in [0.25, 0.3) is 0 Å². The molecule has 1 aromatic carbocycles. The second-order valence-electron chi connectivity index (χ2n) is 3.32. The predicted molar refractivity (Wildman–Crippen MR) is 60.5 cm³/mol. The second kappa shape index (κ2) is 4.94. The fourth-order valence-corrected chi connectivity index (χ4v) is 1.54. The van der Waals surface area contributed by atoms with Gasteiger partial charge in [-0.05, 0) is 16.0 Å². The maximum atomic E-state index is 11.7. The summed E-state index contributed by atoms with van der Waals surface area (Å²) >= 11 is 5.54. The van der Waals surface area contributed by atoms with E-state index in [1.54, 1.807) is 0 Å². The van der Waals surface area contributed by atoms with Crippen LogP contribution in [0.2, 0.25) is 0 Å². The highest BCUT2D eigenvalue weighted by atomic mass is 35.5. The Morgan fingerprint density at radius 2 is 1.81 bits per heavy atom. The molecule has 0 saturated heterocycles. The standard InChI is InChI=1S/C10H11ClN4O/c11-6-7-14-10(16)15(13-12-14)8-9-4-2-1-3-5-9/h1-5H,6-8H2. The first-order valence-corrected chi connectivity index (χ1v) is 5.45. The van der Waals surface area contributed by atoms with Gasteiger partial charge in [-0.2, -0.15) is 9.36 Å². The van der Waals surface area contributed by atoms with Crippen LogP contribution in [0.15, 0.2) is 35.1 Å². The molecule has 5 nitrogen and oxygen atoms in total. The van der Waals surface area contributed by atoms with Gasteiger partial charge in [0.05, 0.1) is 13.1 Å². The molecular formula is C10H11ClN4O. The van der Waals surface area contributed by atoms with Crippen molar-refractivity contribution in [2.24, 2.45) is 0 Å². The van der Waals surface area contributed by atoms with Crippen molar-refractivity contribution in [3.05, 3.63) is 46.4 Å². The number of hydrogen-bond donors (Lipinski definition) is 0. The lowest BCUT2D eigenvalue weighted by Gasteiger charge is -1.98. The fourth-order valence-electron chi connectivity index (χ4n) is 1.38. The molecule has 1 heterocycles. The van der Waals surface area contributed by atoms with Crippen LogP contribution in [-0.4, -0.2) is 25.7 Å². The average molecular weight is 239 g/mol. The first kappa shape index (κ1) is 10.9. The van der Waals surface area contributed by atoms with Crippen molar-refractivity contribution in [3.63, 3.8) is 0 Å². The van der Waals surface area contributed by atoms with Gasteiger partial charge in [0, 0.05) is 5.88 Å². The van der Waals surface area contributed by atoms with Crippen molar-refractivity contribution >= 4 is 11.6 Å². The maximum Gasteiger partial charge on any atom is 0.364 e. The van der Waals surface area contributed by atoms with Gasteiger partial charge >= 0.3 is 5.69 Å². The summed E-state index contributed by atoms with van der Waals surface area (Å²) in [6, 6.07) is 9.64. The Kier molecular flexibility index (Phi) is 3.36. The molecule has 0 unspecified atom stereocenters. The van der Waals surface area contributed by atoms with Crippen molar-refractivity contribution in [3.8, 4) is 0 Å². The second-order valence-corrected chi connectivity index (χ2v) is 3.69. The van der Waals surface area contributed by atoms with E-state index in [0.717, 1.165) is 5.56 Å². The van der Waals surface area contributed by atoms with Gasteiger partial charge in [0.2, 0.25) is 0 Å². The molecule has 84 valence electrons. The van der Waals surface area contributed by atoms with Gasteiger partial charge < -0.3 is 0 Å². The molecule has 0 aliphatic heterocycles. The smallest absolute Gasteiger partial charge is 0.244 e. The van der Waals surface area contributed by atoms with Gasteiger partial charge in [-0.25, -0.2) is 4.79 Å². The lowest BCUT2D eigenvalue weighted by atomic mass is 10.2. The summed E-state index contributed by atoms with van der Waals surface area (Å²) in [5.41, 5.74) is 0.784. The summed E-state index contributed by atoms with van der Waals surface area (Å²) in [6.45, 7) is 0.817. The predicted octanol–water partition coefficient (Wildman–Crippen LogP) is 0.727. The normalized spacial score (nSPS) is 10.6. The van der Waals surface area contributed by atoms with Gasteiger partial charge in [0.1, 0.15) is 0 Å². The number of alkyl halides is 1. The number of aromatic nitrogens is 4. The van der Waals surface area contributed by atoms with Crippen LogP contribution < -0.4 is 5.69 Å². The minimum Gasteiger partial charge on any atom is -0.244 e. The van der Waals surface area contributed by atoms with Crippen LogP contribution in [0.1, 0.15) is 5.56 Å². The zero-order valence-electron chi connectivity index (χ0n) is 8.58. The average Bonchev–Trinajstić information content (AvgIpc) is 2.64. The fraction of sp³-hybridized carbons (Fsp3) is 0.300. The van der Waals surface area contributed by atoms with E-state index in [-0.39, 0.29) is 5.69 Å². The minimum atomic E-state index is -0.232. The van der Waals surface area contributed by atoms with E-state index in [9.17, 15) is 4.79 Å². The summed E-state index contributed by atoms with van der Waals surface area (Å²) < 4.78 is 2.58. The largest absolute Gasteiger partial charge is 0.364 e. The lowest BCUT2D eigenvalue weighted by molar-refractivity contribution is 0.613. The Balaban J connectivity index is 2.20. The Bertz CT molecular complexity index is 505. The molecule has 0 fully saturated rings. The van der Waals surface area contributed by atoms with Crippen molar-refractivity contribution in [2.45, 2.75) is 13.1 Å². The molecule has 0 radical (unpaired) electrons. The van der Waals surface area contributed by atoms with Crippen molar-refractivity contribution < 1.29 is 0 Å². The third kappa shape index (κ3) is 2.30. The van der Waals surface area contributed by atoms with Crippen LogP contribution in [-0.2, 0) is 13.1 Å². The summed E-state index contributed by atoms with van der Waals surface area (Å²) in [7, 11) is 0. The number of aryl methyl sites for hydroxylation is 1. The van der Waals surface area contributed by atoms with Crippen molar-refractivity contribution in [1.29, 1.82) is 0 Å². The van der Waals surface area contributed by atoms with Gasteiger partial charge in [0.25, 0.3) is 0 Å². The monoisotopic (exact) mass is 238 g/mol. The van der Waals surface area contributed by atoms with Gasteiger partial charge in [0.15, 0.2) is 0 Å². The van der Waals surface area contributed by atoms with E-state index >= 15 is 0 Å². The van der Waals surface area contributed by atoms with Crippen LogP contribution in [0.3, 0.4) is 0 Å². The molecule has 1 aromatic heterocycles. The molecular weight excluding hydrogens is 228 g/mol. The van der Waals surface area contributed by atoms with E-state index in [4.69, 9.17) is 11.6 Å². The quantitative estimate of drug-likeness (QED) is 0.738. The van der Waals surface area contributed by atoms with E-state index in [0.29, 0.717) is 19.0 Å². The number of rotatable bonds is 4. The molecule has 0 saturated carbocycles. The van der Waals surface area contributed by atoms with Gasteiger partial charge in [-0.1, -0.05) is 30.3 Å². The number of halogens is 1. The number of benzene rings is 1. The topological polar surface area (TPSA) is 52.7 Å². The number of tetrazole rings is 1. The molecule has 0 spiro atoms. The van der Waals surface area contributed by atoms with Crippen LogP contribution >= 0.6 is 11.6 Å². The third-order valence-corrected chi connectivity index (χ3v) is 2.34. The van der Waals surface area contributed by atoms with Crippen LogP contribution in [0, 0.1) is 0 Å². The summed E-state index contributed by atoms with van der Waals surface area (Å²) in [6.07, 6.45) is 0. The van der Waals surface area contributed by atoms with Crippen LogP contribution in [0.5, 0.6) is 0 Å². The lowest BCUT2D eigenvalue weighted by Crippen LogP contribution is -2.26. The van der Waals surface area contributed by atoms with Gasteiger partial charge in [-0.3, -0.25) is 0 Å². The Hall–Kier alpha value is -1.62. The zero-order valence-corrected chi connectivity index (χ0v) is 9.34. The molecule has 6 heteroatoms. The molecule has 2 aromatic rings. The number of nitrogens with zero attached hydrogens (tertiary/aromatic N) is 4. The first-order chi connectivity index (χ1) is 7.81. The highest BCUT2D eigenvalue weighted by Gasteiger charge is 2.05. The van der Waals surface area contributed by atoms with E-state index in [1.807, 2.05) is 30.3 Å².